The summed E-state index contributed by atoms with van der Waals surface area (Å²) in [6.07, 6.45) is 0. The zero-order valence-corrected chi connectivity index (χ0v) is 17.4. The van der Waals surface area contributed by atoms with Gasteiger partial charge in [0.05, 0.1) is 19.8 Å². The van der Waals surface area contributed by atoms with Crippen molar-refractivity contribution in [2.45, 2.75) is 13.8 Å². The lowest BCUT2D eigenvalue weighted by Gasteiger charge is -2.11. The topological polar surface area (TPSA) is 78.8 Å². The third kappa shape index (κ3) is 4.63. The quantitative estimate of drug-likeness (QED) is 0.600. The van der Waals surface area contributed by atoms with Gasteiger partial charge in [0.2, 0.25) is 0 Å². The number of ether oxygens (including phenoxy) is 3. The van der Waals surface area contributed by atoms with Gasteiger partial charge in [0.25, 0.3) is 5.91 Å². The van der Waals surface area contributed by atoms with Crippen molar-refractivity contribution >= 4 is 17.6 Å². The van der Waals surface area contributed by atoms with E-state index in [0.717, 1.165) is 22.8 Å². The fourth-order valence-corrected chi connectivity index (χ4v) is 3.17. The maximum Gasteiger partial charge on any atom is 0.343 e. The van der Waals surface area contributed by atoms with E-state index < -0.39 is 5.97 Å². The van der Waals surface area contributed by atoms with Crippen LogP contribution in [-0.4, -0.2) is 37.3 Å². The predicted octanol–water partition coefficient (Wildman–Crippen LogP) is 3.91. The van der Waals surface area contributed by atoms with Crippen molar-refractivity contribution in [3.63, 3.8) is 0 Å². The third-order valence-corrected chi connectivity index (χ3v) is 4.68. The highest BCUT2D eigenvalue weighted by molar-refractivity contribution is 6.05. The maximum absolute atomic E-state index is 12.9. The first kappa shape index (κ1) is 21.0. The van der Waals surface area contributed by atoms with E-state index in [0.29, 0.717) is 17.0 Å². The Morgan fingerprint density at radius 3 is 2.37 bits per heavy atom. The van der Waals surface area contributed by atoms with Gasteiger partial charge in [0.15, 0.2) is 6.61 Å². The van der Waals surface area contributed by atoms with Crippen molar-refractivity contribution in [2.75, 3.05) is 26.1 Å². The van der Waals surface area contributed by atoms with Gasteiger partial charge >= 0.3 is 5.97 Å². The number of aryl methyl sites for hydroxylation is 1. The number of carbonyl (C=O) groups excluding carboxylic acids is 2. The molecule has 2 aromatic carbocycles. The highest BCUT2D eigenvalue weighted by Crippen LogP contribution is 2.25. The van der Waals surface area contributed by atoms with E-state index in [1.54, 1.807) is 31.4 Å². The van der Waals surface area contributed by atoms with Gasteiger partial charge in [-0.2, -0.15) is 0 Å². The monoisotopic (exact) mass is 408 g/mol. The summed E-state index contributed by atoms with van der Waals surface area (Å²) in [5, 5.41) is 2.89. The van der Waals surface area contributed by atoms with Gasteiger partial charge in [-0.3, -0.25) is 4.79 Å². The minimum absolute atomic E-state index is 0.168. The Bertz CT molecular complexity index is 1050. The van der Waals surface area contributed by atoms with Crippen LogP contribution in [0.2, 0.25) is 0 Å². The lowest BCUT2D eigenvalue weighted by Crippen LogP contribution is -2.14. The highest BCUT2D eigenvalue weighted by Gasteiger charge is 2.17. The second-order valence-corrected chi connectivity index (χ2v) is 6.67. The predicted molar refractivity (Wildman–Crippen MR) is 114 cm³/mol. The first-order valence-corrected chi connectivity index (χ1v) is 9.37. The summed E-state index contributed by atoms with van der Waals surface area (Å²) in [5.41, 5.74) is 3.90. The van der Waals surface area contributed by atoms with E-state index in [4.69, 9.17) is 9.47 Å². The van der Waals surface area contributed by atoms with Crippen molar-refractivity contribution in [1.29, 1.82) is 0 Å². The van der Waals surface area contributed by atoms with E-state index in [2.05, 4.69) is 10.1 Å². The van der Waals surface area contributed by atoms with Gasteiger partial charge in [-0.15, -0.1) is 0 Å². The SMILES string of the molecule is COC(=O)COc1ccc(NC(=O)c2cc(C)n(-c3cccc(OC)c3)c2C)cc1. The third-order valence-electron chi connectivity index (χ3n) is 4.68. The molecule has 7 heteroatoms. The van der Waals surface area contributed by atoms with Crippen LogP contribution in [0.3, 0.4) is 0 Å². The summed E-state index contributed by atoms with van der Waals surface area (Å²) in [5.74, 6) is 0.592. The van der Waals surface area contributed by atoms with Crippen molar-refractivity contribution < 1.29 is 23.8 Å². The Hall–Kier alpha value is -3.74. The van der Waals surface area contributed by atoms with Gasteiger partial charge in [-0.1, -0.05) is 6.07 Å². The summed E-state index contributed by atoms with van der Waals surface area (Å²) in [4.78, 5) is 24.0. The molecule has 0 saturated heterocycles. The molecule has 30 heavy (non-hydrogen) atoms. The number of rotatable bonds is 7. The molecule has 0 aliphatic carbocycles. The van der Waals surface area contributed by atoms with Crippen LogP contribution >= 0.6 is 0 Å². The van der Waals surface area contributed by atoms with Crippen LogP contribution in [0.25, 0.3) is 5.69 Å². The van der Waals surface area contributed by atoms with Crippen LogP contribution in [0.4, 0.5) is 5.69 Å². The van der Waals surface area contributed by atoms with Gasteiger partial charge in [-0.05, 0) is 56.3 Å². The second-order valence-electron chi connectivity index (χ2n) is 6.67. The average molecular weight is 408 g/mol. The molecule has 0 aliphatic heterocycles. The fraction of sp³-hybridized carbons (Fsp3) is 0.217. The molecule has 3 aromatic rings. The molecule has 0 atom stereocenters. The molecular weight excluding hydrogens is 384 g/mol. The molecule has 156 valence electrons. The first-order chi connectivity index (χ1) is 14.4. The van der Waals surface area contributed by atoms with Crippen molar-refractivity contribution in [1.82, 2.24) is 4.57 Å². The number of nitrogens with zero attached hydrogens (tertiary/aromatic N) is 1. The van der Waals surface area contributed by atoms with Crippen LogP contribution in [-0.2, 0) is 9.53 Å². The maximum atomic E-state index is 12.9. The van der Waals surface area contributed by atoms with E-state index >= 15 is 0 Å². The van der Waals surface area contributed by atoms with Crippen LogP contribution in [0.15, 0.2) is 54.6 Å². The highest BCUT2D eigenvalue weighted by atomic mass is 16.6. The normalized spacial score (nSPS) is 10.4. The molecule has 0 fully saturated rings. The zero-order valence-electron chi connectivity index (χ0n) is 17.4. The number of hydrogen-bond donors (Lipinski definition) is 1. The summed E-state index contributed by atoms with van der Waals surface area (Å²) in [6, 6.07) is 16.3. The van der Waals surface area contributed by atoms with Crippen molar-refractivity contribution in [3.05, 3.63) is 71.5 Å². The molecule has 0 unspecified atom stereocenters. The van der Waals surface area contributed by atoms with Crippen LogP contribution in [0.1, 0.15) is 21.7 Å². The molecule has 0 spiro atoms. The van der Waals surface area contributed by atoms with E-state index in [1.165, 1.54) is 7.11 Å². The molecule has 0 saturated carbocycles. The lowest BCUT2D eigenvalue weighted by molar-refractivity contribution is -0.142. The number of anilines is 1. The Labute approximate surface area is 175 Å². The fourth-order valence-electron chi connectivity index (χ4n) is 3.17. The number of methoxy groups -OCH3 is 2. The van der Waals surface area contributed by atoms with Crippen LogP contribution in [0, 0.1) is 13.8 Å². The van der Waals surface area contributed by atoms with E-state index in [1.807, 2.05) is 48.7 Å². The number of esters is 1. The number of carbonyl (C=O) groups is 2. The number of hydrogen-bond acceptors (Lipinski definition) is 5. The Morgan fingerprint density at radius 1 is 0.967 bits per heavy atom. The molecule has 0 aliphatic rings. The zero-order chi connectivity index (χ0) is 21.7. The Kier molecular flexibility index (Phi) is 6.41. The Balaban J connectivity index is 1.75. The number of amides is 1. The number of benzene rings is 2. The van der Waals surface area contributed by atoms with Gasteiger partial charge in [-0.25, -0.2) is 4.79 Å². The molecule has 1 heterocycles. The second kappa shape index (κ2) is 9.17. The number of nitrogens with one attached hydrogen (secondary N) is 1. The minimum Gasteiger partial charge on any atom is -0.497 e. The molecule has 3 rings (SSSR count). The molecule has 1 N–H and O–H groups in total. The summed E-state index contributed by atoms with van der Waals surface area (Å²) in [6.45, 7) is 3.69. The smallest absolute Gasteiger partial charge is 0.343 e. The summed E-state index contributed by atoms with van der Waals surface area (Å²) >= 11 is 0. The minimum atomic E-state index is -0.459. The molecule has 7 nitrogen and oxygen atoms in total. The van der Waals surface area contributed by atoms with Gasteiger partial charge in [0, 0.05) is 28.8 Å². The molecular formula is C23H24N2O5. The number of aromatic nitrogens is 1. The molecule has 1 aromatic heterocycles. The lowest BCUT2D eigenvalue weighted by atomic mass is 10.2. The molecule has 0 radical (unpaired) electrons. The molecule has 0 bridgehead atoms. The van der Waals surface area contributed by atoms with E-state index in [9.17, 15) is 9.59 Å². The van der Waals surface area contributed by atoms with Crippen molar-refractivity contribution in [2.24, 2.45) is 0 Å². The van der Waals surface area contributed by atoms with E-state index in [-0.39, 0.29) is 12.5 Å². The molecule has 1 amide bonds. The van der Waals surface area contributed by atoms with Gasteiger partial charge < -0.3 is 24.1 Å². The van der Waals surface area contributed by atoms with Gasteiger partial charge in [0.1, 0.15) is 11.5 Å². The van der Waals surface area contributed by atoms with Crippen LogP contribution < -0.4 is 14.8 Å². The summed E-state index contributed by atoms with van der Waals surface area (Å²) < 4.78 is 17.2. The van der Waals surface area contributed by atoms with Crippen LogP contribution in [0.5, 0.6) is 11.5 Å². The largest absolute Gasteiger partial charge is 0.497 e. The van der Waals surface area contributed by atoms with Crippen molar-refractivity contribution in [3.8, 4) is 17.2 Å². The Morgan fingerprint density at radius 2 is 1.70 bits per heavy atom. The average Bonchev–Trinajstić information content (AvgIpc) is 3.07. The standard InChI is InChI=1S/C23H24N2O5/c1-15-12-21(16(2)25(15)18-6-5-7-20(13-18)28-3)23(27)24-17-8-10-19(11-9-17)30-14-22(26)29-4/h5-13H,14H2,1-4H3,(H,24,27). The first-order valence-electron chi connectivity index (χ1n) is 9.37. The summed E-state index contributed by atoms with van der Waals surface area (Å²) in [7, 11) is 2.93.